The van der Waals surface area contributed by atoms with E-state index in [0.717, 1.165) is 36.3 Å². The predicted molar refractivity (Wildman–Crippen MR) is 73.2 cm³/mol. The average molecular weight is 260 g/mol. The second-order valence-corrected chi connectivity index (χ2v) is 3.86. The summed E-state index contributed by atoms with van der Waals surface area (Å²) in [7, 11) is 3.30. The zero-order valence-corrected chi connectivity index (χ0v) is 11.5. The fraction of sp³-hybridized carbons (Fsp3) is 0.538. The molecule has 17 heavy (non-hydrogen) atoms. The summed E-state index contributed by atoms with van der Waals surface area (Å²) in [5.41, 5.74) is 7.18. The first kappa shape index (κ1) is 16.1. The third-order valence-electron chi connectivity index (χ3n) is 2.71. The van der Waals surface area contributed by atoms with Gasteiger partial charge < -0.3 is 15.2 Å². The van der Waals surface area contributed by atoms with Crippen LogP contribution in [0, 0.1) is 0 Å². The van der Waals surface area contributed by atoms with E-state index in [9.17, 15) is 0 Å². The fourth-order valence-corrected chi connectivity index (χ4v) is 1.70. The zero-order valence-electron chi connectivity index (χ0n) is 10.7. The van der Waals surface area contributed by atoms with Gasteiger partial charge in [0.1, 0.15) is 11.5 Å². The van der Waals surface area contributed by atoms with Crippen LogP contribution in [-0.2, 0) is 0 Å². The van der Waals surface area contributed by atoms with Gasteiger partial charge in [0.2, 0.25) is 0 Å². The SMILES string of the molecule is CCCC[C@@H](N)c1ccc(OC)cc1OC.Cl. The minimum atomic E-state index is 0. The Morgan fingerprint density at radius 3 is 2.47 bits per heavy atom. The summed E-state index contributed by atoms with van der Waals surface area (Å²) in [6.45, 7) is 2.16. The van der Waals surface area contributed by atoms with Gasteiger partial charge in [-0.1, -0.05) is 25.8 Å². The molecular formula is C13H22ClNO2. The normalized spacial score (nSPS) is 11.5. The molecule has 0 unspecified atom stereocenters. The van der Waals surface area contributed by atoms with Crippen molar-refractivity contribution in [3.8, 4) is 11.5 Å². The molecule has 0 saturated carbocycles. The molecule has 0 fully saturated rings. The molecule has 0 spiro atoms. The highest BCUT2D eigenvalue weighted by molar-refractivity contribution is 5.85. The minimum Gasteiger partial charge on any atom is -0.497 e. The van der Waals surface area contributed by atoms with Gasteiger partial charge in [-0.3, -0.25) is 0 Å². The summed E-state index contributed by atoms with van der Waals surface area (Å²) in [5, 5.41) is 0. The van der Waals surface area contributed by atoms with E-state index in [0.29, 0.717) is 0 Å². The number of hydrogen-bond donors (Lipinski definition) is 1. The molecule has 0 aliphatic rings. The quantitative estimate of drug-likeness (QED) is 0.852. The molecule has 1 aromatic carbocycles. The van der Waals surface area contributed by atoms with Gasteiger partial charge in [-0.15, -0.1) is 12.4 Å². The topological polar surface area (TPSA) is 44.5 Å². The molecule has 0 aliphatic carbocycles. The van der Waals surface area contributed by atoms with E-state index in [2.05, 4.69) is 6.92 Å². The van der Waals surface area contributed by atoms with Crippen molar-refractivity contribution < 1.29 is 9.47 Å². The lowest BCUT2D eigenvalue weighted by molar-refractivity contribution is 0.387. The van der Waals surface area contributed by atoms with Gasteiger partial charge in [0, 0.05) is 17.7 Å². The Morgan fingerprint density at radius 2 is 1.94 bits per heavy atom. The molecule has 0 aromatic heterocycles. The van der Waals surface area contributed by atoms with Gasteiger partial charge in [-0.25, -0.2) is 0 Å². The van der Waals surface area contributed by atoms with Crippen LogP contribution in [0.3, 0.4) is 0 Å². The maximum atomic E-state index is 6.13. The largest absolute Gasteiger partial charge is 0.497 e. The van der Waals surface area contributed by atoms with Crippen molar-refractivity contribution in [3.63, 3.8) is 0 Å². The molecule has 0 amide bonds. The van der Waals surface area contributed by atoms with Crippen molar-refractivity contribution in [1.29, 1.82) is 0 Å². The van der Waals surface area contributed by atoms with Crippen LogP contribution < -0.4 is 15.2 Å². The summed E-state index contributed by atoms with van der Waals surface area (Å²) in [6.07, 6.45) is 3.28. The number of hydrogen-bond acceptors (Lipinski definition) is 3. The smallest absolute Gasteiger partial charge is 0.127 e. The summed E-state index contributed by atoms with van der Waals surface area (Å²) in [4.78, 5) is 0. The van der Waals surface area contributed by atoms with Crippen molar-refractivity contribution in [1.82, 2.24) is 0 Å². The summed E-state index contributed by atoms with van der Waals surface area (Å²) in [5.74, 6) is 1.60. The van der Waals surface area contributed by atoms with E-state index in [1.807, 2.05) is 18.2 Å². The number of halogens is 1. The zero-order chi connectivity index (χ0) is 12.0. The Morgan fingerprint density at radius 1 is 1.24 bits per heavy atom. The third kappa shape index (κ3) is 4.44. The molecule has 3 nitrogen and oxygen atoms in total. The Hall–Kier alpha value is -0.930. The van der Waals surface area contributed by atoms with Gasteiger partial charge in [-0.2, -0.15) is 0 Å². The van der Waals surface area contributed by atoms with Crippen LogP contribution in [0.1, 0.15) is 37.8 Å². The Labute approximate surface area is 110 Å². The first-order valence-electron chi connectivity index (χ1n) is 5.70. The standard InChI is InChI=1S/C13H21NO2.ClH/c1-4-5-6-12(14)11-8-7-10(15-2)9-13(11)16-3;/h7-9,12H,4-6,14H2,1-3H3;1H/t12-;/m1./s1. The van der Waals surface area contributed by atoms with Gasteiger partial charge >= 0.3 is 0 Å². The Bertz CT molecular complexity index is 331. The lowest BCUT2D eigenvalue weighted by Crippen LogP contribution is -2.11. The van der Waals surface area contributed by atoms with Crippen LogP contribution >= 0.6 is 12.4 Å². The fourth-order valence-electron chi connectivity index (χ4n) is 1.70. The number of ether oxygens (including phenoxy) is 2. The summed E-state index contributed by atoms with van der Waals surface area (Å²) in [6, 6.07) is 5.82. The molecule has 2 N–H and O–H groups in total. The monoisotopic (exact) mass is 259 g/mol. The second-order valence-electron chi connectivity index (χ2n) is 3.86. The number of methoxy groups -OCH3 is 2. The van der Waals surface area contributed by atoms with Crippen molar-refractivity contribution in [2.24, 2.45) is 5.73 Å². The molecule has 1 rings (SSSR count). The average Bonchev–Trinajstić information content (AvgIpc) is 2.34. The molecule has 98 valence electrons. The van der Waals surface area contributed by atoms with E-state index in [-0.39, 0.29) is 18.4 Å². The Kier molecular flexibility index (Phi) is 7.75. The van der Waals surface area contributed by atoms with Gasteiger partial charge in [0.15, 0.2) is 0 Å². The molecule has 0 heterocycles. The van der Waals surface area contributed by atoms with Crippen LogP contribution in [0.2, 0.25) is 0 Å². The second kappa shape index (κ2) is 8.20. The molecule has 0 aliphatic heterocycles. The lowest BCUT2D eigenvalue weighted by Gasteiger charge is -2.16. The van der Waals surface area contributed by atoms with Crippen LogP contribution in [0.25, 0.3) is 0 Å². The molecule has 1 atom stereocenters. The van der Waals surface area contributed by atoms with E-state index in [1.165, 1.54) is 0 Å². The molecule has 1 aromatic rings. The first-order valence-corrected chi connectivity index (χ1v) is 5.70. The van der Waals surface area contributed by atoms with E-state index < -0.39 is 0 Å². The van der Waals surface area contributed by atoms with Gasteiger partial charge in [0.25, 0.3) is 0 Å². The summed E-state index contributed by atoms with van der Waals surface area (Å²) < 4.78 is 10.5. The molecule has 0 bridgehead atoms. The minimum absolute atomic E-state index is 0. The van der Waals surface area contributed by atoms with Crippen LogP contribution in [0.15, 0.2) is 18.2 Å². The van der Waals surface area contributed by atoms with Gasteiger partial charge in [0.05, 0.1) is 14.2 Å². The highest BCUT2D eigenvalue weighted by atomic mass is 35.5. The van der Waals surface area contributed by atoms with Crippen LogP contribution in [0.5, 0.6) is 11.5 Å². The van der Waals surface area contributed by atoms with E-state index >= 15 is 0 Å². The first-order chi connectivity index (χ1) is 7.72. The maximum absolute atomic E-state index is 6.13. The van der Waals surface area contributed by atoms with Crippen LogP contribution in [0.4, 0.5) is 0 Å². The van der Waals surface area contributed by atoms with Gasteiger partial charge in [-0.05, 0) is 12.5 Å². The van der Waals surface area contributed by atoms with E-state index in [4.69, 9.17) is 15.2 Å². The third-order valence-corrected chi connectivity index (χ3v) is 2.71. The highest BCUT2D eigenvalue weighted by Gasteiger charge is 2.12. The van der Waals surface area contributed by atoms with Crippen molar-refractivity contribution in [2.45, 2.75) is 32.2 Å². The molecule has 0 radical (unpaired) electrons. The number of unbranched alkanes of at least 4 members (excludes halogenated alkanes) is 1. The summed E-state index contributed by atoms with van der Waals surface area (Å²) >= 11 is 0. The number of rotatable bonds is 6. The van der Waals surface area contributed by atoms with E-state index in [1.54, 1.807) is 14.2 Å². The Balaban J connectivity index is 0.00000256. The van der Waals surface area contributed by atoms with Crippen molar-refractivity contribution in [3.05, 3.63) is 23.8 Å². The highest BCUT2D eigenvalue weighted by Crippen LogP contribution is 2.30. The maximum Gasteiger partial charge on any atom is 0.127 e. The van der Waals surface area contributed by atoms with Crippen molar-refractivity contribution >= 4 is 12.4 Å². The number of nitrogens with two attached hydrogens (primary N) is 1. The number of benzene rings is 1. The molecular weight excluding hydrogens is 238 g/mol. The predicted octanol–water partition coefficient (Wildman–Crippen LogP) is 3.32. The van der Waals surface area contributed by atoms with Crippen LogP contribution in [-0.4, -0.2) is 14.2 Å². The molecule has 0 saturated heterocycles. The molecule has 4 heteroatoms. The lowest BCUT2D eigenvalue weighted by atomic mass is 10.0. The van der Waals surface area contributed by atoms with Crippen molar-refractivity contribution in [2.75, 3.05) is 14.2 Å².